The van der Waals surface area contributed by atoms with E-state index in [0.29, 0.717) is 0 Å². The van der Waals surface area contributed by atoms with Crippen molar-refractivity contribution >= 4 is 94.5 Å². The second-order valence-electron chi connectivity index (χ2n) is 15.1. The average Bonchev–Trinajstić information content (AvgIpc) is 3.95. The lowest BCUT2D eigenvalue weighted by Crippen LogP contribution is -2.75. The van der Waals surface area contributed by atoms with Crippen molar-refractivity contribution in [2.24, 2.45) is 0 Å². The minimum Gasteiger partial charge on any atom is -0.456 e. The highest BCUT2D eigenvalue weighted by molar-refractivity contribution is 7.19. The number of rotatable bonds is 6. The number of pyridine rings is 1. The zero-order chi connectivity index (χ0) is 38.2. The Morgan fingerprint density at radius 2 is 0.897 bits per heavy atom. The van der Waals surface area contributed by atoms with Crippen LogP contribution in [0.1, 0.15) is 0 Å². The summed E-state index contributed by atoms with van der Waals surface area (Å²) in [7, 11) is -3.08. The fourth-order valence-electron chi connectivity index (χ4n) is 9.73. The molecule has 0 N–H and O–H groups in total. The molecule has 12 rings (SSSR count). The topological polar surface area (TPSA) is 35.9 Å². The molecule has 0 spiro atoms. The Morgan fingerprint density at radius 1 is 0.362 bits per heavy atom. The Hall–Kier alpha value is -7.47. The van der Waals surface area contributed by atoms with Crippen molar-refractivity contribution in [2.75, 3.05) is 0 Å². The highest BCUT2D eigenvalue weighted by atomic mass is 28.3. The number of hydrogen-bond acceptors (Lipinski definition) is 2. The summed E-state index contributed by atoms with van der Waals surface area (Å²) in [5.74, 6) is 0. The molecular formula is C53H35N3OSi. The molecule has 8 aromatic carbocycles. The first-order valence-electron chi connectivity index (χ1n) is 19.8. The van der Waals surface area contributed by atoms with Crippen molar-refractivity contribution in [3.8, 4) is 11.4 Å². The van der Waals surface area contributed by atoms with E-state index in [-0.39, 0.29) is 0 Å². The molecule has 4 heterocycles. The molecule has 0 radical (unpaired) electrons. The molecular weight excluding hydrogens is 723 g/mol. The van der Waals surface area contributed by atoms with E-state index in [9.17, 15) is 0 Å². The van der Waals surface area contributed by atoms with Crippen molar-refractivity contribution in [1.82, 2.24) is 14.1 Å². The summed E-state index contributed by atoms with van der Waals surface area (Å²) in [5, 5.41) is 12.1. The number of benzene rings is 8. The molecule has 12 aromatic rings. The number of furan rings is 1. The first kappa shape index (κ1) is 32.7. The Kier molecular flexibility index (Phi) is 7.21. The van der Waals surface area contributed by atoms with Gasteiger partial charge in [-0.05, 0) is 88.4 Å². The summed E-state index contributed by atoms with van der Waals surface area (Å²) in [6.45, 7) is 0. The maximum absolute atomic E-state index is 6.41. The maximum Gasteiger partial charge on any atom is 0.201 e. The largest absolute Gasteiger partial charge is 0.456 e. The molecule has 0 bridgehead atoms. The smallest absolute Gasteiger partial charge is 0.201 e. The summed E-state index contributed by atoms with van der Waals surface area (Å²) in [5.41, 5.74) is 8.74. The molecule has 1 unspecified atom stereocenters. The van der Waals surface area contributed by atoms with Crippen molar-refractivity contribution < 1.29 is 4.42 Å². The molecule has 272 valence electrons. The molecule has 4 nitrogen and oxygen atoms in total. The Bertz CT molecular complexity index is 3430. The van der Waals surface area contributed by atoms with Gasteiger partial charge in [0.15, 0.2) is 0 Å². The minimum atomic E-state index is -3.08. The van der Waals surface area contributed by atoms with Gasteiger partial charge in [0, 0.05) is 55.2 Å². The van der Waals surface area contributed by atoms with E-state index in [1.165, 1.54) is 48.1 Å². The summed E-state index contributed by atoms with van der Waals surface area (Å²) in [6, 6.07) is 75.0. The van der Waals surface area contributed by atoms with Crippen molar-refractivity contribution in [3.63, 3.8) is 0 Å². The third-order valence-corrected chi connectivity index (χ3v) is 16.7. The first-order chi connectivity index (χ1) is 28.8. The monoisotopic (exact) mass is 757 g/mol. The third kappa shape index (κ3) is 4.65. The number of nitrogens with zero attached hydrogens (tertiary/aromatic N) is 3. The third-order valence-electron chi connectivity index (χ3n) is 12.1. The normalized spacial score (nSPS) is 13.0. The van der Waals surface area contributed by atoms with Crippen LogP contribution >= 0.6 is 0 Å². The molecule has 0 aliphatic rings. The lowest BCUT2D eigenvalue weighted by atomic mass is 10.1. The van der Waals surface area contributed by atoms with Gasteiger partial charge in [-0.15, -0.1) is 0 Å². The molecule has 0 aliphatic carbocycles. The molecule has 0 fully saturated rings. The maximum atomic E-state index is 6.41. The van der Waals surface area contributed by atoms with E-state index >= 15 is 0 Å². The average molecular weight is 758 g/mol. The fraction of sp³-hybridized carbons (Fsp3) is 0. The highest BCUT2D eigenvalue weighted by Crippen LogP contribution is 2.41. The minimum absolute atomic E-state index is 0.902. The second kappa shape index (κ2) is 12.8. The SMILES string of the molecule is c1ccc([Si](c2cccc(-n3c4ccccc4c4ccccc43)c2)(c2cccc(-n3c4ccccc4c4c5c(ccc43)oc3ccccc35)c2)c2ccccn2)cc1. The molecule has 4 aromatic heterocycles. The lowest BCUT2D eigenvalue weighted by molar-refractivity contribution is 0.669. The van der Waals surface area contributed by atoms with Gasteiger partial charge in [0.1, 0.15) is 11.2 Å². The van der Waals surface area contributed by atoms with Crippen LogP contribution in [0.25, 0.3) is 76.9 Å². The van der Waals surface area contributed by atoms with Crippen molar-refractivity contribution in [1.29, 1.82) is 0 Å². The van der Waals surface area contributed by atoms with Gasteiger partial charge >= 0.3 is 0 Å². The Balaban J connectivity index is 1.16. The molecule has 58 heavy (non-hydrogen) atoms. The summed E-state index contributed by atoms with van der Waals surface area (Å²) in [4.78, 5) is 5.26. The first-order valence-corrected chi connectivity index (χ1v) is 21.8. The zero-order valence-corrected chi connectivity index (χ0v) is 32.5. The van der Waals surface area contributed by atoms with Crippen LogP contribution in [-0.2, 0) is 0 Å². The predicted molar refractivity (Wildman–Crippen MR) is 244 cm³/mol. The molecule has 0 saturated heterocycles. The van der Waals surface area contributed by atoms with Crippen molar-refractivity contribution in [2.45, 2.75) is 0 Å². The van der Waals surface area contributed by atoms with Gasteiger partial charge in [-0.2, -0.15) is 0 Å². The van der Waals surface area contributed by atoms with E-state index in [2.05, 4.69) is 203 Å². The number of fused-ring (bicyclic) bond motifs is 10. The number of aromatic nitrogens is 3. The van der Waals surface area contributed by atoms with Gasteiger partial charge in [0.2, 0.25) is 8.07 Å². The molecule has 5 heteroatoms. The van der Waals surface area contributed by atoms with E-state index in [4.69, 9.17) is 9.40 Å². The lowest BCUT2D eigenvalue weighted by Gasteiger charge is -2.34. The van der Waals surface area contributed by atoms with Crippen LogP contribution in [0.3, 0.4) is 0 Å². The number of hydrogen-bond donors (Lipinski definition) is 0. The fourth-order valence-corrected chi connectivity index (χ4v) is 14.3. The van der Waals surface area contributed by atoms with Crippen LogP contribution in [-0.4, -0.2) is 22.2 Å². The second-order valence-corrected chi connectivity index (χ2v) is 18.8. The van der Waals surface area contributed by atoms with E-state index in [0.717, 1.165) is 49.7 Å². The van der Waals surface area contributed by atoms with Gasteiger partial charge in [-0.25, -0.2) is 0 Å². The van der Waals surface area contributed by atoms with Crippen LogP contribution in [0.2, 0.25) is 0 Å². The van der Waals surface area contributed by atoms with E-state index in [1.807, 2.05) is 18.3 Å². The van der Waals surface area contributed by atoms with Crippen molar-refractivity contribution in [3.05, 3.63) is 212 Å². The molecule has 0 aliphatic heterocycles. The quantitative estimate of drug-likeness (QED) is 0.125. The Labute approximate surface area is 335 Å². The van der Waals surface area contributed by atoms with Crippen LogP contribution < -0.4 is 20.9 Å². The van der Waals surface area contributed by atoms with Crippen LogP contribution in [0, 0.1) is 0 Å². The highest BCUT2D eigenvalue weighted by Gasteiger charge is 2.43. The van der Waals surface area contributed by atoms with Gasteiger partial charge in [0.25, 0.3) is 0 Å². The van der Waals surface area contributed by atoms with Gasteiger partial charge in [-0.3, -0.25) is 4.98 Å². The van der Waals surface area contributed by atoms with Crippen LogP contribution in [0.4, 0.5) is 0 Å². The van der Waals surface area contributed by atoms with Gasteiger partial charge in [0.05, 0.1) is 22.1 Å². The van der Waals surface area contributed by atoms with E-state index in [1.54, 1.807) is 0 Å². The standard InChI is InChI=1S/C53H35N3OSi/c1-2-18-38(19-3-1)58(51-30-12-13-33-54-51,39-20-14-16-36(34-39)55-45-26-8-4-22-41(45)42-23-5-9-27-46(42)55)40-21-15-17-37(35-40)56-47-28-10-6-24-43(47)52-48(56)31-32-50-53(52)44-25-7-11-29-49(44)57-50/h1-35H. The summed E-state index contributed by atoms with van der Waals surface area (Å²) in [6.07, 6.45) is 1.95. The Morgan fingerprint density at radius 3 is 1.55 bits per heavy atom. The zero-order valence-electron chi connectivity index (χ0n) is 31.5. The van der Waals surface area contributed by atoms with Gasteiger partial charge < -0.3 is 13.6 Å². The molecule has 0 amide bonds. The molecule has 0 saturated carbocycles. The van der Waals surface area contributed by atoms with E-state index < -0.39 is 8.07 Å². The predicted octanol–water partition coefficient (Wildman–Crippen LogP) is 10.6. The summed E-state index contributed by atoms with van der Waals surface area (Å²) >= 11 is 0. The number of para-hydroxylation sites is 4. The summed E-state index contributed by atoms with van der Waals surface area (Å²) < 4.78 is 11.3. The van der Waals surface area contributed by atoms with Gasteiger partial charge in [-0.1, -0.05) is 133 Å². The van der Waals surface area contributed by atoms with Crippen LogP contribution in [0.15, 0.2) is 217 Å². The molecule has 1 atom stereocenters. The van der Waals surface area contributed by atoms with Crippen LogP contribution in [0.5, 0.6) is 0 Å².